The maximum Gasteiger partial charge on any atom is 0.697 e. The van der Waals surface area contributed by atoms with Gasteiger partial charge in [-0.15, -0.1) is 18.1 Å². The summed E-state index contributed by atoms with van der Waals surface area (Å²) in [6, 6.07) is 16.9. The number of anilines is 1. The lowest BCUT2D eigenvalue weighted by atomic mass is 9.47. The number of β-amino-alcohol motifs (C(OH)–C–C–N with tert-alkyl or cyclic N) is 1. The number of para-hydroxylation sites is 2. The summed E-state index contributed by atoms with van der Waals surface area (Å²) in [5.74, 6) is 4.62. The number of carbonyl (C=O) groups is 3. The standard InChI is InChI=1S/C76H114N5O12P2/c1-11-79-66-28-18-16-26-64(66)73(5,6)68(79)30-23-31-69-74(7,8)65-27-17-19-29-67(65)80(69)44-21-13-14-32-70(83)77-43-45-88-46-47-89-94(86)90-48-49-91-95(87)92-53-57-51-58(82)52-81(57)71(84)33-15-12-20-42-78-72(85)93-59-38-40-75(9)56(50-59)34-35-60-62-37-36-61(55(4)25-22-24-54(2)3)76(62,10)41-39-63(60)75/h16-19,23,26-31,34,54-55,57-63,82H,11-15,20-22,24-25,32-33,35-53H2,1-10H3/q+1/p+2/t55-,57-,58+,59-,60?,61+,62?,63?,75-,76+/m0/s1. The van der Waals surface area contributed by atoms with E-state index in [1.54, 1.807) is 4.90 Å². The van der Waals surface area contributed by atoms with E-state index in [-0.39, 0.29) is 92.9 Å². The van der Waals surface area contributed by atoms with Crippen molar-refractivity contribution >= 4 is 51.5 Å². The average molecular weight is 1350 g/mol. The number of unbranched alkanes of at least 4 members (excludes halogenated alkanes) is 4. The van der Waals surface area contributed by atoms with Gasteiger partial charge in [0.1, 0.15) is 39.1 Å². The molecule has 1 saturated heterocycles. The van der Waals surface area contributed by atoms with Crippen LogP contribution in [0.15, 0.2) is 84.1 Å². The lowest BCUT2D eigenvalue weighted by Gasteiger charge is -2.58. The molecule has 0 bridgehead atoms. The third kappa shape index (κ3) is 18.4. The molecule has 17 nitrogen and oxygen atoms in total. The number of aliphatic hydroxyl groups is 1. The van der Waals surface area contributed by atoms with Crippen molar-refractivity contribution in [2.75, 3.05) is 77.3 Å². The Labute approximate surface area is 570 Å². The number of likely N-dealkylation sites (N-methyl/N-ethyl adjacent to an activating group) is 1. The normalized spacial score (nSPS) is 27.5. The summed E-state index contributed by atoms with van der Waals surface area (Å²) in [6.07, 6.45) is 27.4. The highest BCUT2D eigenvalue weighted by molar-refractivity contribution is 7.33. The molecule has 7 aliphatic rings. The molecule has 3 amide bonds. The number of rotatable bonds is 36. The minimum absolute atomic E-state index is 0.00579. The summed E-state index contributed by atoms with van der Waals surface area (Å²) in [6.45, 7) is 26.6. The average Bonchev–Trinajstić information content (AvgIpc) is 1.71. The highest BCUT2D eigenvalue weighted by Crippen LogP contribution is 2.67. The van der Waals surface area contributed by atoms with E-state index in [4.69, 9.17) is 27.6 Å². The van der Waals surface area contributed by atoms with Gasteiger partial charge < -0.3 is 35.0 Å². The lowest BCUT2D eigenvalue weighted by molar-refractivity contribution is -0.438. The molecule has 2 aromatic carbocycles. The van der Waals surface area contributed by atoms with E-state index in [1.165, 1.54) is 90.9 Å². The zero-order valence-corrected chi connectivity index (χ0v) is 61.0. The van der Waals surface area contributed by atoms with Crippen LogP contribution in [0.5, 0.6) is 0 Å². The minimum atomic E-state index is -2.57. The fraction of sp³-hybridized carbons (Fsp3) is 0.711. The van der Waals surface area contributed by atoms with E-state index >= 15 is 0 Å². The van der Waals surface area contributed by atoms with Crippen LogP contribution in [0.2, 0.25) is 0 Å². The Morgan fingerprint density at radius 3 is 2.23 bits per heavy atom. The molecule has 95 heavy (non-hydrogen) atoms. The summed E-state index contributed by atoms with van der Waals surface area (Å²) in [4.78, 5) is 43.0. The molecule has 524 valence electrons. The van der Waals surface area contributed by atoms with E-state index in [1.807, 2.05) is 0 Å². The Bertz CT molecular complexity index is 3090. The van der Waals surface area contributed by atoms with Crippen molar-refractivity contribution in [3.63, 3.8) is 0 Å². The fourth-order valence-electron chi connectivity index (χ4n) is 18.1. The molecular formula is C76H116N5O12P2+3. The molecule has 0 aromatic heterocycles. The van der Waals surface area contributed by atoms with Crippen molar-refractivity contribution in [2.45, 2.75) is 227 Å². The van der Waals surface area contributed by atoms with Crippen LogP contribution in [0.3, 0.4) is 0 Å². The molecule has 3 N–H and O–H groups in total. The molecule has 3 aliphatic heterocycles. The summed E-state index contributed by atoms with van der Waals surface area (Å²) >= 11 is 0. The molecule has 12 atom stereocenters. The molecule has 0 spiro atoms. The van der Waals surface area contributed by atoms with Crippen LogP contribution in [0, 0.1) is 46.3 Å². The number of hydrogen-bond donors (Lipinski definition) is 3. The molecule has 4 fully saturated rings. The summed E-state index contributed by atoms with van der Waals surface area (Å²) in [7, 11) is -5.06. The number of hydrogen-bond acceptors (Lipinski definition) is 13. The van der Waals surface area contributed by atoms with Gasteiger partial charge in [-0.25, -0.2) is 4.79 Å². The molecule has 5 unspecified atom stereocenters. The quantitative estimate of drug-likeness (QED) is 0.0253. The Kier molecular flexibility index (Phi) is 27.0. The third-order valence-electron chi connectivity index (χ3n) is 23.1. The van der Waals surface area contributed by atoms with E-state index in [2.05, 4.69) is 162 Å². The van der Waals surface area contributed by atoms with Crippen LogP contribution < -0.4 is 15.5 Å². The Morgan fingerprint density at radius 1 is 0.747 bits per heavy atom. The van der Waals surface area contributed by atoms with E-state index in [9.17, 15) is 28.6 Å². The van der Waals surface area contributed by atoms with E-state index < -0.39 is 28.7 Å². The largest absolute Gasteiger partial charge is 0.697 e. The summed E-state index contributed by atoms with van der Waals surface area (Å²) < 4.78 is 59.9. The molecular weight excluding hydrogens is 1240 g/mol. The maximum atomic E-state index is 13.3. The van der Waals surface area contributed by atoms with Gasteiger partial charge in [0.2, 0.25) is 17.5 Å². The van der Waals surface area contributed by atoms with Crippen molar-refractivity contribution in [1.29, 1.82) is 0 Å². The van der Waals surface area contributed by atoms with Crippen LogP contribution in [0.1, 0.15) is 209 Å². The first-order valence-electron chi connectivity index (χ1n) is 36.5. The van der Waals surface area contributed by atoms with Gasteiger partial charge in [-0.05, 0) is 162 Å². The number of aliphatic hydroxyl groups excluding tert-OH is 1. The van der Waals surface area contributed by atoms with Crippen LogP contribution in [0.25, 0.3) is 0 Å². The van der Waals surface area contributed by atoms with Crippen molar-refractivity contribution in [3.8, 4) is 0 Å². The molecule has 4 aliphatic carbocycles. The van der Waals surface area contributed by atoms with Gasteiger partial charge in [-0.3, -0.25) is 9.59 Å². The van der Waals surface area contributed by atoms with Crippen LogP contribution in [-0.2, 0) is 57.1 Å². The second kappa shape index (κ2) is 34.4. The number of alkyl carbamates (subject to hydrolysis) is 1. The predicted molar refractivity (Wildman–Crippen MR) is 376 cm³/mol. The fourth-order valence-corrected chi connectivity index (χ4v) is 19.2. The number of carbonyl (C=O) groups excluding carboxylic acids is 3. The number of fused-ring (bicyclic) bond motifs is 7. The van der Waals surface area contributed by atoms with Crippen molar-refractivity contribution in [3.05, 3.63) is 95.2 Å². The Morgan fingerprint density at radius 2 is 1.46 bits per heavy atom. The van der Waals surface area contributed by atoms with Crippen molar-refractivity contribution in [1.82, 2.24) is 15.5 Å². The minimum Gasteiger partial charge on any atom is -0.446 e. The molecule has 3 heterocycles. The number of likely N-dealkylation sites (tertiary alicyclic amines) is 1. The van der Waals surface area contributed by atoms with Gasteiger partial charge in [-0.2, -0.15) is 4.58 Å². The number of amides is 3. The number of allylic oxidation sites excluding steroid dienone is 5. The summed E-state index contributed by atoms with van der Waals surface area (Å²) in [5.41, 5.74) is 9.69. The van der Waals surface area contributed by atoms with Gasteiger partial charge in [0.15, 0.2) is 5.71 Å². The van der Waals surface area contributed by atoms with Gasteiger partial charge in [0.05, 0.1) is 30.8 Å². The first-order valence-corrected chi connectivity index (χ1v) is 38.7. The van der Waals surface area contributed by atoms with Gasteiger partial charge in [0, 0.05) is 95.5 Å². The molecule has 19 heteroatoms. The van der Waals surface area contributed by atoms with Crippen LogP contribution >= 0.6 is 16.5 Å². The number of ether oxygens (including phenoxy) is 2. The highest BCUT2D eigenvalue weighted by Gasteiger charge is 2.59. The third-order valence-corrected chi connectivity index (χ3v) is 24.7. The molecule has 2 aromatic rings. The highest BCUT2D eigenvalue weighted by atomic mass is 31.1. The second-order valence-corrected chi connectivity index (χ2v) is 32.3. The van der Waals surface area contributed by atoms with Gasteiger partial charge in [0.25, 0.3) is 0 Å². The van der Waals surface area contributed by atoms with Crippen LogP contribution in [-0.4, -0.2) is 129 Å². The number of nitrogens with one attached hydrogen (secondary N) is 2. The topological polar surface area (TPSA) is 195 Å². The molecule has 9 rings (SSSR count). The second-order valence-electron chi connectivity index (χ2n) is 30.4. The first-order chi connectivity index (χ1) is 45.6. The molecule has 0 radical (unpaired) electrons. The smallest absolute Gasteiger partial charge is 0.446 e. The van der Waals surface area contributed by atoms with E-state index in [0.29, 0.717) is 44.2 Å². The Hall–Kier alpha value is -4.70. The number of benzene rings is 2. The first kappa shape index (κ1) is 74.5. The van der Waals surface area contributed by atoms with E-state index in [0.717, 1.165) is 93.5 Å². The summed E-state index contributed by atoms with van der Waals surface area (Å²) in [5, 5.41) is 16.3. The SMILES string of the molecule is CCN1C(=CC=CC2=[N+](CCCCCC(=O)NCCOCCO[P+](=O)OCCO[P+](=O)OC[C@@H]3C[C@@H](O)CN3C(=O)CCCCCNC(=O)O[C@H]3CC[C@@]4(C)C(=CCC5C4CC[C@@]4(C)C5CC[C@@H]4[C@@H](C)CCCC(C)C)C3)c3ccccc3C2(C)C)C(C)(C)c2ccccc21. The maximum absolute atomic E-state index is 13.3. The Balaban J connectivity index is 0.568. The number of nitrogens with zero attached hydrogens (tertiary/aromatic N) is 3. The zero-order valence-electron chi connectivity index (χ0n) is 59.2. The predicted octanol–water partition coefficient (Wildman–Crippen LogP) is 16.1. The monoisotopic (exact) mass is 1350 g/mol. The van der Waals surface area contributed by atoms with Crippen molar-refractivity contribution < 1.29 is 60.8 Å². The molecule has 3 saturated carbocycles. The lowest BCUT2D eigenvalue weighted by Crippen LogP contribution is -2.51. The van der Waals surface area contributed by atoms with Gasteiger partial charge >= 0.3 is 22.6 Å². The van der Waals surface area contributed by atoms with Crippen LogP contribution in [0.4, 0.5) is 16.2 Å². The van der Waals surface area contributed by atoms with Crippen molar-refractivity contribution in [2.24, 2.45) is 46.3 Å². The van der Waals surface area contributed by atoms with Gasteiger partial charge in [-0.1, -0.05) is 128 Å². The zero-order chi connectivity index (χ0) is 67.9.